The van der Waals surface area contributed by atoms with Crippen molar-refractivity contribution < 1.29 is 14.7 Å². The minimum Gasteiger partial charge on any atom is -0.481 e. The highest BCUT2D eigenvalue weighted by Gasteiger charge is 2.13. The Morgan fingerprint density at radius 2 is 1.82 bits per heavy atom. The average molecular weight is 300 g/mol. The Hall–Kier alpha value is -2.56. The van der Waals surface area contributed by atoms with Crippen LogP contribution >= 0.6 is 0 Å². The van der Waals surface area contributed by atoms with Crippen LogP contribution in [0.4, 0.5) is 0 Å². The number of aromatic nitrogens is 1. The van der Waals surface area contributed by atoms with E-state index in [2.05, 4.69) is 10.3 Å². The molecule has 0 bridgehead atoms. The molecule has 2 rings (SSSR count). The van der Waals surface area contributed by atoms with Crippen molar-refractivity contribution in [2.45, 2.75) is 25.7 Å². The summed E-state index contributed by atoms with van der Waals surface area (Å²) in [6, 6.07) is 9.74. The molecule has 0 aliphatic carbocycles. The maximum atomic E-state index is 12.2. The molecular weight excluding hydrogens is 280 g/mol. The van der Waals surface area contributed by atoms with Crippen molar-refractivity contribution in [2.24, 2.45) is 0 Å². The number of benzene rings is 1. The van der Waals surface area contributed by atoms with Crippen LogP contribution in [0.2, 0.25) is 0 Å². The Kier molecular flexibility index (Phi) is 5.77. The Morgan fingerprint density at radius 1 is 1.05 bits per heavy atom. The topological polar surface area (TPSA) is 82.2 Å². The molecule has 5 heteroatoms. The van der Waals surface area contributed by atoms with Crippen LogP contribution in [-0.2, 0) is 4.79 Å². The normalized spacial score (nSPS) is 10.4. The van der Waals surface area contributed by atoms with Crippen molar-refractivity contribution in [2.75, 3.05) is 6.54 Å². The van der Waals surface area contributed by atoms with Gasteiger partial charge in [0, 0.05) is 30.9 Å². The number of nitrogens with one attached hydrogen (secondary N) is 2. The molecule has 0 spiro atoms. The van der Waals surface area contributed by atoms with Crippen LogP contribution in [0.25, 0.3) is 11.1 Å². The molecule has 0 fully saturated rings. The number of carboxylic acid groups (broad SMARTS) is 1. The molecule has 0 aliphatic heterocycles. The van der Waals surface area contributed by atoms with E-state index in [1.807, 2.05) is 36.5 Å². The lowest BCUT2D eigenvalue weighted by Gasteiger charge is -2.06. The van der Waals surface area contributed by atoms with E-state index >= 15 is 0 Å². The maximum absolute atomic E-state index is 12.2. The van der Waals surface area contributed by atoms with Gasteiger partial charge in [0.1, 0.15) is 0 Å². The highest BCUT2D eigenvalue weighted by Crippen LogP contribution is 2.22. The van der Waals surface area contributed by atoms with E-state index in [1.54, 1.807) is 6.20 Å². The van der Waals surface area contributed by atoms with Gasteiger partial charge in [-0.3, -0.25) is 9.59 Å². The second-order valence-corrected chi connectivity index (χ2v) is 5.11. The number of carboxylic acids is 1. The van der Waals surface area contributed by atoms with E-state index in [9.17, 15) is 9.59 Å². The Bertz CT molecular complexity index is 620. The van der Waals surface area contributed by atoms with Crippen LogP contribution in [0.3, 0.4) is 0 Å². The zero-order valence-corrected chi connectivity index (χ0v) is 12.3. The van der Waals surface area contributed by atoms with Crippen LogP contribution in [0.1, 0.15) is 36.0 Å². The minimum atomic E-state index is -0.774. The summed E-state index contributed by atoms with van der Waals surface area (Å²) in [6.07, 6.45) is 5.92. The number of hydrogen-bond donors (Lipinski definition) is 3. The largest absolute Gasteiger partial charge is 0.481 e. The molecule has 1 amide bonds. The number of carbonyl (C=O) groups is 2. The zero-order valence-electron chi connectivity index (χ0n) is 12.3. The first kappa shape index (κ1) is 15.8. The second-order valence-electron chi connectivity index (χ2n) is 5.11. The number of carbonyl (C=O) groups excluding carboxylic acids is 1. The van der Waals surface area contributed by atoms with Crippen LogP contribution in [-0.4, -0.2) is 28.5 Å². The fourth-order valence-electron chi connectivity index (χ4n) is 2.28. The fourth-order valence-corrected chi connectivity index (χ4v) is 2.28. The lowest BCUT2D eigenvalue weighted by atomic mass is 10.0. The number of aromatic amines is 1. The zero-order chi connectivity index (χ0) is 15.8. The van der Waals surface area contributed by atoms with Gasteiger partial charge in [0.2, 0.25) is 0 Å². The van der Waals surface area contributed by atoms with Crippen molar-refractivity contribution in [3.05, 3.63) is 48.3 Å². The van der Waals surface area contributed by atoms with Gasteiger partial charge in [0.05, 0.1) is 5.56 Å². The standard InChI is InChI=1S/C17H20N2O3/c20-16(21)9-5-2-6-10-19-17(22)15-12-18-11-14(15)13-7-3-1-4-8-13/h1,3-4,7-8,11-12,18H,2,5-6,9-10H2,(H,19,22)(H,20,21). The molecule has 2 aromatic rings. The summed E-state index contributed by atoms with van der Waals surface area (Å²) in [6.45, 7) is 0.553. The van der Waals surface area contributed by atoms with Crippen LogP contribution in [0.15, 0.2) is 42.7 Å². The molecule has 116 valence electrons. The van der Waals surface area contributed by atoms with Gasteiger partial charge in [-0.05, 0) is 18.4 Å². The van der Waals surface area contributed by atoms with E-state index in [0.717, 1.165) is 24.0 Å². The van der Waals surface area contributed by atoms with E-state index in [0.29, 0.717) is 18.5 Å². The third-order valence-electron chi connectivity index (χ3n) is 3.43. The summed E-state index contributed by atoms with van der Waals surface area (Å²) in [4.78, 5) is 25.6. The third kappa shape index (κ3) is 4.48. The predicted molar refractivity (Wildman–Crippen MR) is 84.7 cm³/mol. The molecule has 5 nitrogen and oxygen atoms in total. The summed E-state index contributed by atoms with van der Waals surface area (Å²) < 4.78 is 0. The molecule has 1 aromatic heterocycles. The first-order valence-electron chi connectivity index (χ1n) is 7.40. The fraction of sp³-hybridized carbons (Fsp3) is 0.294. The van der Waals surface area contributed by atoms with Gasteiger partial charge in [-0.15, -0.1) is 0 Å². The first-order valence-corrected chi connectivity index (χ1v) is 7.40. The van der Waals surface area contributed by atoms with Crippen molar-refractivity contribution >= 4 is 11.9 Å². The monoisotopic (exact) mass is 300 g/mol. The SMILES string of the molecule is O=C(O)CCCCCNC(=O)c1c[nH]cc1-c1ccccc1. The minimum absolute atomic E-state index is 0.113. The first-order chi connectivity index (χ1) is 10.7. The van der Waals surface area contributed by atoms with E-state index < -0.39 is 5.97 Å². The van der Waals surface area contributed by atoms with Crippen molar-refractivity contribution in [3.63, 3.8) is 0 Å². The Morgan fingerprint density at radius 3 is 2.55 bits per heavy atom. The predicted octanol–water partition coefficient (Wildman–Crippen LogP) is 3.06. The molecule has 22 heavy (non-hydrogen) atoms. The lowest BCUT2D eigenvalue weighted by Crippen LogP contribution is -2.24. The van der Waals surface area contributed by atoms with Crippen LogP contribution in [0.5, 0.6) is 0 Å². The Balaban J connectivity index is 1.84. The summed E-state index contributed by atoms with van der Waals surface area (Å²) >= 11 is 0. The van der Waals surface area contributed by atoms with Gasteiger partial charge < -0.3 is 15.4 Å². The van der Waals surface area contributed by atoms with Crippen molar-refractivity contribution in [3.8, 4) is 11.1 Å². The smallest absolute Gasteiger partial charge is 0.303 e. The number of rotatable bonds is 8. The number of aliphatic carboxylic acids is 1. The number of unbranched alkanes of at least 4 members (excludes halogenated alkanes) is 2. The van der Waals surface area contributed by atoms with Crippen LogP contribution < -0.4 is 5.32 Å². The van der Waals surface area contributed by atoms with E-state index in [4.69, 9.17) is 5.11 Å². The van der Waals surface area contributed by atoms with Crippen LogP contribution in [0, 0.1) is 0 Å². The number of H-pyrrole nitrogens is 1. The second kappa shape index (κ2) is 8.02. The average Bonchev–Trinajstić information content (AvgIpc) is 3.00. The van der Waals surface area contributed by atoms with Gasteiger partial charge in [-0.2, -0.15) is 0 Å². The molecule has 0 saturated heterocycles. The molecule has 1 heterocycles. The van der Waals surface area contributed by atoms with Gasteiger partial charge in [0.15, 0.2) is 0 Å². The summed E-state index contributed by atoms with van der Waals surface area (Å²) in [5.41, 5.74) is 2.50. The molecule has 0 aliphatic rings. The molecule has 0 atom stereocenters. The maximum Gasteiger partial charge on any atom is 0.303 e. The summed E-state index contributed by atoms with van der Waals surface area (Å²) in [5.74, 6) is -0.887. The molecule has 0 saturated carbocycles. The van der Waals surface area contributed by atoms with Gasteiger partial charge >= 0.3 is 5.97 Å². The number of hydrogen-bond acceptors (Lipinski definition) is 2. The van der Waals surface area contributed by atoms with Gasteiger partial charge in [0.25, 0.3) is 5.91 Å². The van der Waals surface area contributed by atoms with Gasteiger partial charge in [-0.25, -0.2) is 0 Å². The van der Waals surface area contributed by atoms with E-state index in [-0.39, 0.29) is 12.3 Å². The van der Waals surface area contributed by atoms with Crippen molar-refractivity contribution in [1.82, 2.24) is 10.3 Å². The molecule has 1 aromatic carbocycles. The highest BCUT2D eigenvalue weighted by atomic mass is 16.4. The third-order valence-corrected chi connectivity index (χ3v) is 3.43. The lowest BCUT2D eigenvalue weighted by molar-refractivity contribution is -0.137. The molecule has 0 unspecified atom stereocenters. The summed E-state index contributed by atoms with van der Waals surface area (Å²) in [7, 11) is 0. The molecule has 0 radical (unpaired) electrons. The highest BCUT2D eigenvalue weighted by molar-refractivity contribution is 6.00. The summed E-state index contributed by atoms with van der Waals surface area (Å²) in [5, 5.41) is 11.4. The van der Waals surface area contributed by atoms with Gasteiger partial charge in [-0.1, -0.05) is 36.8 Å². The quantitative estimate of drug-likeness (QED) is 0.655. The molecule has 3 N–H and O–H groups in total. The Labute approximate surface area is 129 Å². The van der Waals surface area contributed by atoms with E-state index in [1.165, 1.54) is 0 Å². The number of amides is 1. The molecular formula is C17H20N2O3. The van der Waals surface area contributed by atoms with Crippen molar-refractivity contribution in [1.29, 1.82) is 0 Å².